The molecule has 1 aromatic heterocycles. The fourth-order valence-corrected chi connectivity index (χ4v) is 9.80. The molecule has 0 bridgehead atoms. The van der Waals surface area contributed by atoms with Gasteiger partial charge in [0.25, 0.3) is 5.69 Å². The molecule has 0 radical (unpaired) electrons. The first kappa shape index (κ1) is 36.3. The van der Waals surface area contributed by atoms with Crippen LogP contribution in [0, 0.1) is 20.2 Å². The van der Waals surface area contributed by atoms with Gasteiger partial charge in [-0.1, -0.05) is 97.1 Å². The number of nitro benzene ring substituents is 2. The number of nitrogens with one attached hydrogen (secondary N) is 1. The van der Waals surface area contributed by atoms with Crippen molar-refractivity contribution in [2.24, 2.45) is 5.10 Å². The van der Waals surface area contributed by atoms with Crippen LogP contribution in [0.15, 0.2) is 179 Å². The largest absolute Gasteiger partial charge is 0.458 e. The van der Waals surface area contributed by atoms with Crippen molar-refractivity contribution < 1.29 is 14.3 Å². The Labute approximate surface area is 306 Å². The summed E-state index contributed by atoms with van der Waals surface area (Å²) in [5, 5.41) is 31.0. The maximum Gasteiger partial charge on any atom is 0.301 e. The molecule has 0 fully saturated rings. The molecule has 0 aliphatic rings. The number of rotatable bonds is 13. The average molecular weight is 761 g/mol. The number of hydrogen-bond acceptors (Lipinski definition) is 7. The molecule has 11 heteroatoms. The molecule has 254 valence electrons. The lowest BCUT2D eigenvalue weighted by atomic mass is 10.1. The molecule has 0 spiro atoms. The maximum atomic E-state index is 11.6. The van der Waals surface area contributed by atoms with Gasteiger partial charge in [0.1, 0.15) is 46.5 Å². The fraction of sp³-hybridized carbons (Fsp3) is 0.0250. The van der Waals surface area contributed by atoms with Crippen LogP contribution in [0.3, 0.4) is 0 Å². The highest BCUT2D eigenvalue weighted by Gasteiger charge is 2.46. The lowest BCUT2D eigenvalue weighted by Gasteiger charge is -2.26. The van der Waals surface area contributed by atoms with Gasteiger partial charge in [0.15, 0.2) is 0 Å². The van der Waals surface area contributed by atoms with Crippen molar-refractivity contribution in [3.8, 4) is 0 Å². The first-order valence-corrected chi connectivity index (χ1v) is 17.7. The van der Waals surface area contributed by atoms with E-state index >= 15 is 0 Å². The summed E-state index contributed by atoms with van der Waals surface area (Å²) in [7, 11) is -2.12. The molecular weight excluding hydrogens is 727 g/mol. The smallest absolute Gasteiger partial charge is 0.301 e. The number of non-ortho nitro benzene ring substituents is 1. The first-order chi connectivity index (χ1) is 24.4. The number of nitro groups is 2. The van der Waals surface area contributed by atoms with Crippen LogP contribution in [-0.2, 0) is 6.16 Å². The highest BCUT2D eigenvalue weighted by Crippen LogP contribution is 2.58. The Kier molecular flexibility index (Phi) is 12.2. The summed E-state index contributed by atoms with van der Waals surface area (Å²) in [5.74, 6) is 1.56. The Morgan fingerprint density at radius 2 is 1.24 bits per heavy atom. The Bertz CT molecular complexity index is 2080. The van der Waals surface area contributed by atoms with Crippen LogP contribution in [0.2, 0.25) is 0 Å². The van der Waals surface area contributed by atoms with Crippen molar-refractivity contribution in [2.45, 2.75) is 6.16 Å². The first-order valence-electron chi connectivity index (χ1n) is 15.7. The average Bonchev–Trinajstić information content (AvgIpc) is 3.61. The lowest BCUT2D eigenvalue weighted by molar-refractivity contribution is -0.393. The van der Waals surface area contributed by atoms with Crippen LogP contribution in [-0.4, -0.2) is 15.6 Å². The third kappa shape index (κ3) is 8.62. The quantitative estimate of drug-likeness (QED) is 0.0412. The van der Waals surface area contributed by atoms with Crippen LogP contribution in [0.4, 0.5) is 17.1 Å². The molecule has 0 atom stereocenters. The third-order valence-corrected chi connectivity index (χ3v) is 12.4. The monoisotopic (exact) mass is 759 g/mol. The highest BCUT2D eigenvalue weighted by molar-refractivity contribution is 8.93. The topological polar surface area (TPSA) is 124 Å². The van der Waals surface area contributed by atoms with E-state index in [9.17, 15) is 20.2 Å². The summed E-state index contributed by atoms with van der Waals surface area (Å²) < 4.78 is 6.42. The second kappa shape index (κ2) is 17.1. The van der Waals surface area contributed by atoms with Gasteiger partial charge in [-0.05, 0) is 66.7 Å². The number of halogens is 1. The van der Waals surface area contributed by atoms with Gasteiger partial charge < -0.3 is 4.42 Å². The van der Waals surface area contributed by atoms with Crippen molar-refractivity contribution in [3.05, 3.63) is 207 Å². The van der Waals surface area contributed by atoms with Crippen LogP contribution in [0.25, 0.3) is 6.08 Å². The summed E-state index contributed by atoms with van der Waals surface area (Å²) in [4.78, 5) is 21.4. The van der Waals surface area contributed by atoms with Gasteiger partial charge in [-0.3, -0.25) is 25.7 Å². The molecule has 0 aliphatic carbocycles. The van der Waals surface area contributed by atoms with Crippen molar-refractivity contribution in [3.63, 3.8) is 0 Å². The second-order valence-electron chi connectivity index (χ2n) is 11.2. The van der Waals surface area contributed by atoms with Crippen molar-refractivity contribution in [1.29, 1.82) is 0 Å². The van der Waals surface area contributed by atoms with E-state index in [1.54, 1.807) is 12.2 Å². The SMILES string of the molecule is Br.O=[N+]([O-])c1ccc(NN=C(/C=C\C=C/c2ccc(C[P+](c3ccccc3)(c3ccccc3)c3ccccc3)o2)c2ccccc2)c([N+](=O)[O-])c1. The Hall–Kier alpha value is -5.96. The number of furan rings is 1. The zero-order valence-electron chi connectivity index (χ0n) is 27.2. The van der Waals surface area contributed by atoms with E-state index in [4.69, 9.17) is 4.42 Å². The minimum absolute atomic E-state index is 0. The van der Waals surface area contributed by atoms with Gasteiger partial charge in [-0.15, -0.1) is 17.0 Å². The normalized spacial score (nSPS) is 11.7. The molecule has 1 heterocycles. The van der Waals surface area contributed by atoms with E-state index in [1.165, 1.54) is 28.0 Å². The molecule has 6 aromatic rings. The van der Waals surface area contributed by atoms with Gasteiger partial charge in [-0.25, -0.2) is 0 Å². The number of anilines is 1. The van der Waals surface area contributed by atoms with Crippen LogP contribution < -0.4 is 21.3 Å². The lowest BCUT2D eigenvalue weighted by Crippen LogP contribution is -2.32. The number of hydrazone groups is 1. The van der Waals surface area contributed by atoms with E-state index in [1.807, 2.05) is 72.8 Å². The molecule has 5 aromatic carbocycles. The van der Waals surface area contributed by atoms with Crippen LogP contribution >= 0.6 is 24.2 Å². The Morgan fingerprint density at radius 3 is 1.76 bits per heavy atom. The predicted molar refractivity (Wildman–Crippen MR) is 212 cm³/mol. The van der Waals surface area contributed by atoms with Gasteiger partial charge in [0.05, 0.1) is 21.6 Å². The molecular formula is C40H33BrN4O5P+. The van der Waals surface area contributed by atoms with E-state index in [2.05, 4.69) is 83.3 Å². The molecule has 6 rings (SSSR count). The van der Waals surface area contributed by atoms with Crippen molar-refractivity contribution in [2.75, 3.05) is 5.43 Å². The minimum Gasteiger partial charge on any atom is -0.458 e. The molecule has 0 aliphatic heterocycles. The highest BCUT2D eigenvalue weighted by atomic mass is 79.9. The number of hydrogen-bond donors (Lipinski definition) is 1. The number of benzene rings is 5. The van der Waals surface area contributed by atoms with Crippen LogP contribution in [0.1, 0.15) is 17.1 Å². The molecule has 51 heavy (non-hydrogen) atoms. The van der Waals surface area contributed by atoms with Gasteiger partial charge in [0, 0.05) is 11.6 Å². The van der Waals surface area contributed by atoms with Crippen molar-refractivity contribution >= 4 is 69.0 Å². The fourth-order valence-electron chi connectivity index (χ4n) is 5.68. The predicted octanol–water partition coefficient (Wildman–Crippen LogP) is 9.25. The minimum atomic E-state index is -2.12. The Balaban J connectivity index is 0.00000504. The van der Waals surface area contributed by atoms with Gasteiger partial charge >= 0.3 is 5.69 Å². The zero-order valence-corrected chi connectivity index (χ0v) is 29.8. The maximum absolute atomic E-state index is 11.6. The van der Waals surface area contributed by atoms with Crippen molar-refractivity contribution in [1.82, 2.24) is 0 Å². The summed E-state index contributed by atoms with van der Waals surface area (Å²) in [6.45, 7) is 0. The van der Waals surface area contributed by atoms with Gasteiger partial charge in [-0.2, -0.15) is 5.10 Å². The third-order valence-electron chi connectivity index (χ3n) is 8.05. The van der Waals surface area contributed by atoms with E-state index in [0.717, 1.165) is 17.4 Å². The van der Waals surface area contributed by atoms with E-state index in [0.29, 0.717) is 17.6 Å². The summed E-state index contributed by atoms with van der Waals surface area (Å²) in [5.41, 5.74) is 3.17. The molecule has 9 nitrogen and oxygen atoms in total. The Morgan fingerprint density at radius 1 is 0.686 bits per heavy atom. The van der Waals surface area contributed by atoms with Gasteiger partial charge in [0.2, 0.25) is 0 Å². The summed E-state index contributed by atoms with van der Waals surface area (Å²) >= 11 is 0. The summed E-state index contributed by atoms with van der Waals surface area (Å²) in [6.07, 6.45) is 7.97. The molecule has 0 saturated heterocycles. The van der Waals surface area contributed by atoms with E-state index in [-0.39, 0.29) is 28.4 Å². The standard InChI is InChI=1S/C40H32N4O5P.BrH/c45-43(46)32-25-28-39(40(29-32)44(47)48)42-41-38(31-15-5-1-6-16-31)24-14-13-17-33-26-27-34(49-33)30-50(35-18-7-2-8-19-35,36-20-9-3-10-21-36)37-22-11-4-12-23-37;/h1-29,42H,30H2;1H/q+1;/b17-13-,24-14-,41-38?;. The second-order valence-corrected chi connectivity index (χ2v) is 14.7. The molecule has 0 saturated carbocycles. The number of nitrogens with zero attached hydrogens (tertiary/aromatic N) is 3. The zero-order chi connectivity index (χ0) is 34.8. The van der Waals surface area contributed by atoms with E-state index < -0.39 is 22.8 Å². The summed E-state index contributed by atoms with van der Waals surface area (Å²) in [6, 6.07) is 48.6. The molecule has 1 N–H and O–H groups in total. The van der Waals surface area contributed by atoms with Crippen LogP contribution in [0.5, 0.6) is 0 Å². The molecule has 0 amide bonds. The number of allylic oxidation sites excluding steroid dienone is 3. The molecule has 0 unspecified atom stereocenters.